The Kier molecular flexibility index (Phi) is 7.46. The Hall–Kier alpha value is -2.99. The predicted octanol–water partition coefficient (Wildman–Crippen LogP) is 5.55. The summed E-state index contributed by atoms with van der Waals surface area (Å²) in [5.74, 6) is -0.805. The highest BCUT2D eigenvalue weighted by atomic mass is 32.2. The molecule has 5 nitrogen and oxygen atoms in total. The molecular weight excluding hydrogens is 422 g/mol. The Labute approximate surface area is 193 Å². The normalized spacial score (nSPS) is 12.3. The number of ether oxygens (including phenoxy) is 1. The second-order valence-corrected chi connectivity index (χ2v) is 9.74. The highest BCUT2D eigenvalue weighted by Crippen LogP contribution is 2.35. The fraction of sp³-hybridized carbons (Fsp3) is 0.308. The summed E-state index contributed by atoms with van der Waals surface area (Å²) in [5, 5.41) is 3.35. The van der Waals surface area contributed by atoms with Crippen molar-refractivity contribution in [3.05, 3.63) is 83.1 Å². The molecule has 0 aliphatic rings. The molecule has 1 heterocycles. The first kappa shape index (κ1) is 23.7. The lowest BCUT2D eigenvalue weighted by Crippen LogP contribution is -2.42. The Morgan fingerprint density at radius 1 is 1.06 bits per heavy atom. The van der Waals surface area contributed by atoms with Gasteiger partial charge in [-0.15, -0.1) is 0 Å². The van der Waals surface area contributed by atoms with Gasteiger partial charge in [0.15, 0.2) is 10.9 Å². The number of esters is 1. The van der Waals surface area contributed by atoms with Crippen molar-refractivity contribution in [2.45, 2.75) is 55.6 Å². The van der Waals surface area contributed by atoms with Crippen molar-refractivity contribution < 1.29 is 18.7 Å². The molecular formula is C26H29NO4S. The van der Waals surface area contributed by atoms with Crippen LogP contribution in [0.2, 0.25) is 0 Å². The van der Waals surface area contributed by atoms with Crippen molar-refractivity contribution in [3.8, 4) is 0 Å². The van der Waals surface area contributed by atoms with Crippen LogP contribution in [0.5, 0.6) is 0 Å². The Morgan fingerprint density at radius 3 is 2.44 bits per heavy atom. The quantitative estimate of drug-likeness (QED) is 0.477. The third-order valence-electron chi connectivity index (χ3n) is 5.14. The number of benzene rings is 2. The number of hydrogen-bond acceptors (Lipinski definition) is 5. The lowest BCUT2D eigenvalue weighted by molar-refractivity contribution is -0.142. The fourth-order valence-corrected chi connectivity index (χ4v) is 4.10. The summed E-state index contributed by atoms with van der Waals surface area (Å²) in [4.78, 5) is 26.0. The second-order valence-electron chi connectivity index (χ2n) is 8.69. The van der Waals surface area contributed by atoms with E-state index < -0.39 is 17.9 Å². The maximum Gasteiger partial charge on any atom is 0.328 e. The second kappa shape index (κ2) is 10.1. The van der Waals surface area contributed by atoms with E-state index in [9.17, 15) is 9.59 Å². The molecule has 0 saturated heterocycles. The number of carbonyl (C=O) groups excluding carboxylic acids is 2. The van der Waals surface area contributed by atoms with Gasteiger partial charge in [0.1, 0.15) is 6.04 Å². The van der Waals surface area contributed by atoms with Crippen LogP contribution in [-0.4, -0.2) is 25.0 Å². The number of rotatable bonds is 7. The lowest BCUT2D eigenvalue weighted by Gasteiger charge is -2.20. The first-order valence-corrected chi connectivity index (χ1v) is 11.3. The number of amides is 1. The van der Waals surface area contributed by atoms with Gasteiger partial charge in [0, 0.05) is 11.3 Å². The van der Waals surface area contributed by atoms with Crippen LogP contribution in [0.1, 0.15) is 48.0 Å². The van der Waals surface area contributed by atoms with Gasteiger partial charge in [-0.3, -0.25) is 4.79 Å². The van der Waals surface area contributed by atoms with Crippen molar-refractivity contribution >= 4 is 23.6 Å². The molecule has 168 valence electrons. The van der Waals surface area contributed by atoms with Crippen LogP contribution in [0.3, 0.4) is 0 Å². The zero-order chi connectivity index (χ0) is 23.3. The van der Waals surface area contributed by atoms with Crippen LogP contribution in [0.25, 0.3) is 0 Å². The van der Waals surface area contributed by atoms with E-state index in [4.69, 9.17) is 9.15 Å². The van der Waals surface area contributed by atoms with Crippen molar-refractivity contribution in [1.29, 1.82) is 0 Å². The molecule has 0 aliphatic carbocycles. The summed E-state index contributed by atoms with van der Waals surface area (Å²) in [5.41, 5.74) is 3.34. The average molecular weight is 452 g/mol. The van der Waals surface area contributed by atoms with Gasteiger partial charge in [0.25, 0.3) is 5.91 Å². The van der Waals surface area contributed by atoms with Crippen molar-refractivity contribution in [1.82, 2.24) is 5.32 Å². The summed E-state index contributed by atoms with van der Waals surface area (Å²) in [6, 6.07) is 18.5. The number of nitrogens with one attached hydrogen (secondary N) is 1. The first-order chi connectivity index (χ1) is 15.2. The van der Waals surface area contributed by atoms with E-state index in [1.54, 1.807) is 12.1 Å². The lowest BCUT2D eigenvalue weighted by atomic mass is 9.87. The zero-order valence-electron chi connectivity index (χ0n) is 19.1. The Bertz CT molecular complexity index is 1080. The van der Waals surface area contributed by atoms with Gasteiger partial charge in [-0.05, 0) is 47.2 Å². The summed E-state index contributed by atoms with van der Waals surface area (Å²) in [7, 11) is 1.31. The molecule has 0 spiro atoms. The van der Waals surface area contributed by atoms with Gasteiger partial charge in [-0.25, -0.2) is 4.79 Å². The standard InChI is InChI=1S/C26H29NO4S/c1-17-11-12-19(26(2,3)4)16-22(17)32-23-14-13-21(31-23)24(28)27-20(25(29)30-5)15-18-9-7-6-8-10-18/h6-14,16,20H,15H2,1-5H3,(H,27,28)/t20-/m1/s1. The van der Waals surface area contributed by atoms with Crippen LogP contribution < -0.4 is 5.32 Å². The van der Waals surface area contributed by atoms with Crippen LogP contribution >= 0.6 is 11.8 Å². The summed E-state index contributed by atoms with van der Waals surface area (Å²) in [6.45, 7) is 8.58. The van der Waals surface area contributed by atoms with E-state index >= 15 is 0 Å². The highest BCUT2D eigenvalue weighted by molar-refractivity contribution is 7.99. The molecule has 0 bridgehead atoms. The smallest absolute Gasteiger partial charge is 0.328 e. The highest BCUT2D eigenvalue weighted by Gasteiger charge is 2.24. The Morgan fingerprint density at radius 2 is 1.78 bits per heavy atom. The van der Waals surface area contributed by atoms with Crippen LogP contribution in [0, 0.1) is 6.92 Å². The van der Waals surface area contributed by atoms with E-state index in [1.165, 1.54) is 24.4 Å². The van der Waals surface area contributed by atoms with E-state index in [2.05, 4.69) is 51.2 Å². The molecule has 0 saturated carbocycles. The largest absolute Gasteiger partial charge is 0.467 e. The van der Waals surface area contributed by atoms with Gasteiger partial charge >= 0.3 is 5.97 Å². The molecule has 32 heavy (non-hydrogen) atoms. The van der Waals surface area contributed by atoms with E-state index in [1.807, 2.05) is 30.3 Å². The molecule has 3 rings (SSSR count). The molecule has 1 N–H and O–H groups in total. The molecule has 0 aliphatic heterocycles. The van der Waals surface area contributed by atoms with Gasteiger partial charge in [-0.2, -0.15) is 0 Å². The minimum Gasteiger partial charge on any atom is -0.467 e. The minimum absolute atomic E-state index is 0.0405. The molecule has 6 heteroatoms. The van der Waals surface area contributed by atoms with Crippen LogP contribution in [-0.2, 0) is 21.4 Å². The maximum absolute atomic E-state index is 12.8. The zero-order valence-corrected chi connectivity index (χ0v) is 19.9. The van der Waals surface area contributed by atoms with Crippen LogP contribution in [0.4, 0.5) is 0 Å². The Balaban J connectivity index is 1.73. The van der Waals surface area contributed by atoms with Crippen LogP contribution in [0.15, 0.2) is 75.1 Å². The number of aryl methyl sites for hydroxylation is 1. The van der Waals surface area contributed by atoms with E-state index in [0.717, 1.165) is 16.0 Å². The molecule has 0 radical (unpaired) electrons. The van der Waals surface area contributed by atoms with Gasteiger partial charge in [0.2, 0.25) is 0 Å². The van der Waals surface area contributed by atoms with Crippen molar-refractivity contribution in [2.24, 2.45) is 0 Å². The number of carbonyl (C=O) groups is 2. The first-order valence-electron chi connectivity index (χ1n) is 10.5. The number of furan rings is 1. The third kappa shape index (κ3) is 6.04. The topological polar surface area (TPSA) is 68.5 Å². The van der Waals surface area contributed by atoms with Crippen molar-refractivity contribution in [3.63, 3.8) is 0 Å². The monoisotopic (exact) mass is 451 g/mol. The van der Waals surface area contributed by atoms with Gasteiger partial charge < -0.3 is 14.5 Å². The SMILES string of the molecule is COC(=O)[C@@H](Cc1ccccc1)NC(=O)c1ccc(Sc2cc(C(C)(C)C)ccc2C)o1. The third-order valence-corrected chi connectivity index (χ3v) is 6.22. The van der Waals surface area contributed by atoms with Gasteiger partial charge in [-0.1, -0.05) is 75.0 Å². The molecule has 1 atom stereocenters. The maximum atomic E-state index is 12.8. The molecule has 0 fully saturated rings. The minimum atomic E-state index is -0.804. The molecule has 3 aromatic rings. The molecule has 0 unspecified atom stereocenters. The summed E-state index contributed by atoms with van der Waals surface area (Å²) >= 11 is 1.48. The fourth-order valence-electron chi connectivity index (χ4n) is 3.20. The van der Waals surface area contributed by atoms with Crippen molar-refractivity contribution in [2.75, 3.05) is 7.11 Å². The number of hydrogen-bond donors (Lipinski definition) is 1. The molecule has 1 amide bonds. The molecule has 1 aromatic heterocycles. The number of methoxy groups -OCH3 is 1. The average Bonchev–Trinajstić information content (AvgIpc) is 3.23. The van der Waals surface area contributed by atoms with E-state index in [0.29, 0.717) is 11.5 Å². The summed E-state index contributed by atoms with van der Waals surface area (Å²) < 4.78 is 10.7. The predicted molar refractivity (Wildman–Crippen MR) is 126 cm³/mol. The summed E-state index contributed by atoms with van der Waals surface area (Å²) in [6.07, 6.45) is 0.334. The van der Waals surface area contributed by atoms with E-state index in [-0.39, 0.29) is 11.2 Å². The van der Waals surface area contributed by atoms with Gasteiger partial charge in [0.05, 0.1) is 7.11 Å². The molecule has 2 aromatic carbocycles.